The van der Waals surface area contributed by atoms with Gasteiger partial charge in [0.25, 0.3) is 0 Å². The van der Waals surface area contributed by atoms with E-state index in [2.05, 4.69) is 5.43 Å². The molecule has 3 N–H and O–H groups in total. The van der Waals surface area contributed by atoms with Crippen LogP contribution in [0.5, 0.6) is 0 Å². The number of hydrogen-bond acceptors (Lipinski definition) is 2. The normalized spacial score (nSPS) is 18.6. The molecule has 1 aromatic rings. The standard InChI is InChI=1S/C11H14F2N2/c12-9-4-8(5-10(13)6-9)11(15-14)7-2-1-3-7/h4-7,11,15H,1-3,14H2. The van der Waals surface area contributed by atoms with Crippen molar-refractivity contribution in [2.24, 2.45) is 11.8 Å². The van der Waals surface area contributed by atoms with E-state index in [4.69, 9.17) is 5.84 Å². The molecule has 0 saturated heterocycles. The third-order valence-corrected chi connectivity index (χ3v) is 3.04. The number of nitrogens with two attached hydrogens (primary N) is 1. The van der Waals surface area contributed by atoms with Crippen molar-refractivity contribution in [3.05, 3.63) is 35.4 Å². The highest BCUT2D eigenvalue weighted by Crippen LogP contribution is 2.37. The lowest BCUT2D eigenvalue weighted by Gasteiger charge is -2.33. The van der Waals surface area contributed by atoms with Crippen LogP contribution in [0.25, 0.3) is 0 Å². The predicted octanol–water partition coefficient (Wildman–Crippen LogP) is 2.27. The molecule has 1 aromatic carbocycles. The number of halogens is 2. The molecule has 15 heavy (non-hydrogen) atoms. The fourth-order valence-corrected chi connectivity index (χ4v) is 2.03. The van der Waals surface area contributed by atoms with Crippen molar-refractivity contribution in [3.63, 3.8) is 0 Å². The third kappa shape index (κ3) is 2.16. The number of hydrogen-bond donors (Lipinski definition) is 2. The molecule has 2 nitrogen and oxygen atoms in total. The summed E-state index contributed by atoms with van der Waals surface area (Å²) < 4.78 is 26.0. The summed E-state index contributed by atoms with van der Waals surface area (Å²) in [5.74, 6) is 4.72. The molecule has 82 valence electrons. The zero-order valence-corrected chi connectivity index (χ0v) is 8.34. The topological polar surface area (TPSA) is 38.0 Å². The Bertz CT molecular complexity index is 330. The average molecular weight is 212 g/mol. The van der Waals surface area contributed by atoms with E-state index in [1.807, 2.05) is 0 Å². The summed E-state index contributed by atoms with van der Waals surface area (Å²) in [5, 5.41) is 0. The van der Waals surface area contributed by atoms with Crippen LogP contribution in [0.3, 0.4) is 0 Å². The minimum absolute atomic E-state index is 0.135. The smallest absolute Gasteiger partial charge is 0.126 e. The van der Waals surface area contributed by atoms with Crippen LogP contribution in [-0.2, 0) is 0 Å². The van der Waals surface area contributed by atoms with E-state index in [0.29, 0.717) is 11.5 Å². The van der Waals surface area contributed by atoms with Crippen molar-refractivity contribution >= 4 is 0 Å². The minimum atomic E-state index is -0.551. The molecule has 1 aliphatic rings. The van der Waals surface area contributed by atoms with Gasteiger partial charge in [0.15, 0.2) is 0 Å². The van der Waals surface area contributed by atoms with E-state index in [0.717, 1.165) is 18.9 Å². The Hall–Kier alpha value is -1.00. The first kappa shape index (κ1) is 10.5. The Morgan fingerprint density at radius 3 is 2.20 bits per heavy atom. The summed E-state index contributed by atoms with van der Waals surface area (Å²) in [5.41, 5.74) is 3.24. The van der Waals surface area contributed by atoms with E-state index in [9.17, 15) is 8.78 Å². The number of nitrogens with one attached hydrogen (secondary N) is 1. The van der Waals surface area contributed by atoms with Gasteiger partial charge in [-0.1, -0.05) is 6.42 Å². The van der Waals surface area contributed by atoms with Crippen molar-refractivity contribution in [2.75, 3.05) is 0 Å². The molecule has 2 rings (SSSR count). The lowest BCUT2D eigenvalue weighted by Crippen LogP contribution is -2.36. The van der Waals surface area contributed by atoms with E-state index in [1.54, 1.807) is 0 Å². The van der Waals surface area contributed by atoms with Crippen LogP contribution < -0.4 is 11.3 Å². The Labute approximate surface area is 87.4 Å². The van der Waals surface area contributed by atoms with Crippen LogP contribution in [0.2, 0.25) is 0 Å². The molecule has 0 radical (unpaired) electrons. The number of rotatable bonds is 3. The van der Waals surface area contributed by atoms with Gasteiger partial charge in [-0.15, -0.1) is 0 Å². The second-order valence-electron chi connectivity index (χ2n) is 4.04. The van der Waals surface area contributed by atoms with E-state index >= 15 is 0 Å². The van der Waals surface area contributed by atoms with Crippen molar-refractivity contribution < 1.29 is 8.78 Å². The SMILES string of the molecule is NNC(c1cc(F)cc(F)c1)C1CCC1. The summed E-state index contributed by atoms with van der Waals surface area (Å²) in [6, 6.07) is 3.42. The van der Waals surface area contributed by atoms with Gasteiger partial charge in [-0.3, -0.25) is 11.3 Å². The van der Waals surface area contributed by atoms with E-state index < -0.39 is 11.6 Å². The zero-order chi connectivity index (χ0) is 10.8. The lowest BCUT2D eigenvalue weighted by atomic mass is 9.77. The molecule has 1 aliphatic carbocycles. The quantitative estimate of drug-likeness (QED) is 0.595. The minimum Gasteiger partial charge on any atom is -0.271 e. The highest BCUT2D eigenvalue weighted by Gasteiger charge is 2.28. The maximum atomic E-state index is 13.0. The molecule has 1 fully saturated rings. The molecular formula is C11H14F2N2. The third-order valence-electron chi connectivity index (χ3n) is 3.04. The van der Waals surface area contributed by atoms with Crippen LogP contribution in [0.15, 0.2) is 18.2 Å². The summed E-state index contributed by atoms with van der Waals surface area (Å²) in [6.45, 7) is 0. The summed E-state index contributed by atoms with van der Waals surface area (Å²) >= 11 is 0. The summed E-state index contributed by atoms with van der Waals surface area (Å²) in [6.07, 6.45) is 3.29. The highest BCUT2D eigenvalue weighted by molar-refractivity contribution is 5.22. The molecule has 0 bridgehead atoms. The molecular weight excluding hydrogens is 198 g/mol. The monoisotopic (exact) mass is 212 g/mol. The van der Waals surface area contributed by atoms with Crippen LogP contribution in [0.4, 0.5) is 8.78 Å². The van der Waals surface area contributed by atoms with Crippen molar-refractivity contribution in [1.29, 1.82) is 0 Å². The van der Waals surface area contributed by atoms with Crippen molar-refractivity contribution in [3.8, 4) is 0 Å². The Morgan fingerprint density at radius 1 is 1.20 bits per heavy atom. The summed E-state index contributed by atoms with van der Waals surface area (Å²) in [7, 11) is 0. The number of benzene rings is 1. The van der Waals surface area contributed by atoms with Gasteiger partial charge in [-0.05, 0) is 36.5 Å². The molecule has 1 unspecified atom stereocenters. The second kappa shape index (κ2) is 4.24. The van der Waals surface area contributed by atoms with Crippen LogP contribution in [0.1, 0.15) is 30.9 Å². The average Bonchev–Trinajstić information content (AvgIpc) is 2.08. The Kier molecular flexibility index (Phi) is 2.98. The molecule has 1 saturated carbocycles. The molecule has 0 spiro atoms. The lowest BCUT2D eigenvalue weighted by molar-refractivity contribution is 0.231. The van der Waals surface area contributed by atoms with Gasteiger partial charge in [-0.2, -0.15) is 0 Å². The highest BCUT2D eigenvalue weighted by atomic mass is 19.1. The maximum Gasteiger partial charge on any atom is 0.126 e. The van der Waals surface area contributed by atoms with Gasteiger partial charge >= 0.3 is 0 Å². The summed E-state index contributed by atoms with van der Waals surface area (Å²) in [4.78, 5) is 0. The van der Waals surface area contributed by atoms with Gasteiger partial charge in [0.05, 0.1) is 0 Å². The first-order chi connectivity index (χ1) is 7.20. The van der Waals surface area contributed by atoms with Gasteiger partial charge in [0.1, 0.15) is 11.6 Å². The Balaban J connectivity index is 2.24. The predicted molar refractivity (Wildman–Crippen MR) is 53.8 cm³/mol. The fourth-order valence-electron chi connectivity index (χ4n) is 2.03. The molecule has 0 heterocycles. The molecule has 4 heteroatoms. The fraction of sp³-hybridized carbons (Fsp3) is 0.455. The Morgan fingerprint density at radius 2 is 1.80 bits per heavy atom. The first-order valence-corrected chi connectivity index (χ1v) is 5.13. The molecule has 1 atom stereocenters. The van der Waals surface area contributed by atoms with Gasteiger partial charge in [0.2, 0.25) is 0 Å². The molecule has 0 aromatic heterocycles. The first-order valence-electron chi connectivity index (χ1n) is 5.13. The van der Waals surface area contributed by atoms with E-state index in [1.165, 1.54) is 18.6 Å². The van der Waals surface area contributed by atoms with Crippen LogP contribution >= 0.6 is 0 Å². The van der Waals surface area contributed by atoms with E-state index in [-0.39, 0.29) is 6.04 Å². The molecule has 0 aliphatic heterocycles. The van der Waals surface area contributed by atoms with Gasteiger partial charge in [-0.25, -0.2) is 8.78 Å². The maximum absolute atomic E-state index is 13.0. The van der Waals surface area contributed by atoms with Gasteiger partial charge < -0.3 is 0 Å². The van der Waals surface area contributed by atoms with Crippen LogP contribution in [0, 0.1) is 17.6 Å². The molecule has 0 amide bonds. The number of hydrazine groups is 1. The van der Waals surface area contributed by atoms with Crippen LogP contribution in [-0.4, -0.2) is 0 Å². The van der Waals surface area contributed by atoms with Gasteiger partial charge in [0, 0.05) is 12.1 Å². The largest absolute Gasteiger partial charge is 0.271 e. The second-order valence-corrected chi connectivity index (χ2v) is 4.04. The zero-order valence-electron chi connectivity index (χ0n) is 8.34. The van der Waals surface area contributed by atoms with Crippen molar-refractivity contribution in [2.45, 2.75) is 25.3 Å². The van der Waals surface area contributed by atoms with Crippen molar-refractivity contribution in [1.82, 2.24) is 5.43 Å².